The molecule has 1 aliphatic rings. The number of carbonyl (C=O) groups excluding carboxylic acids is 1. The summed E-state index contributed by atoms with van der Waals surface area (Å²) in [6.07, 6.45) is 0. The lowest BCUT2D eigenvalue weighted by Crippen LogP contribution is -2.11. The van der Waals surface area contributed by atoms with Crippen LogP contribution in [0.5, 0.6) is 0 Å². The minimum atomic E-state index is 0.0660. The zero-order chi connectivity index (χ0) is 13.9. The van der Waals surface area contributed by atoms with Gasteiger partial charge in [-0.15, -0.1) is 0 Å². The van der Waals surface area contributed by atoms with Gasteiger partial charge in [0.15, 0.2) is 5.78 Å². The third-order valence-corrected chi connectivity index (χ3v) is 4.40. The molecule has 0 fully saturated rings. The maximum absolute atomic E-state index is 12.7. The van der Waals surface area contributed by atoms with Crippen LogP contribution in [0.15, 0.2) is 46.9 Å². The first-order valence-electron chi connectivity index (χ1n) is 6.41. The molecule has 0 spiro atoms. The molecule has 0 saturated carbocycles. The highest BCUT2D eigenvalue weighted by Gasteiger charge is 2.27. The van der Waals surface area contributed by atoms with Crippen LogP contribution in [0, 0.1) is 6.92 Å². The molecular formula is C17H10BrNO. The van der Waals surface area contributed by atoms with Crippen molar-refractivity contribution in [3.05, 3.63) is 63.8 Å². The standard InChI is InChI=1S/C17H10BrNO/c1-9-8-12-10-4-2-6-13(18)16(10)17(20)11-5-3-7-14(19-9)15(11)12/h2-8H,1H3. The average Bonchev–Trinajstić information content (AvgIpc) is 2.43. The first-order chi connectivity index (χ1) is 9.66. The summed E-state index contributed by atoms with van der Waals surface area (Å²) in [6, 6.07) is 13.7. The summed E-state index contributed by atoms with van der Waals surface area (Å²) in [5.74, 6) is 0.0660. The van der Waals surface area contributed by atoms with Gasteiger partial charge in [-0.05, 0) is 36.2 Å². The molecular weight excluding hydrogens is 314 g/mol. The van der Waals surface area contributed by atoms with Gasteiger partial charge < -0.3 is 0 Å². The molecule has 0 atom stereocenters. The number of carbonyl (C=O) groups is 1. The number of ketones is 1. The van der Waals surface area contributed by atoms with E-state index in [1.165, 1.54) is 0 Å². The monoisotopic (exact) mass is 323 g/mol. The molecule has 0 N–H and O–H groups in total. The molecule has 1 aliphatic carbocycles. The van der Waals surface area contributed by atoms with E-state index in [0.717, 1.165) is 43.3 Å². The fourth-order valence-corrected chi connectivity index (χ4v) is 3.48. The van der Waals surface area contributed by atoms with Crippen LogP contribution in [0.25, 0.3) is 22.0 Å². The normalized spacial score (nSPS) is 12.6. The maximum atomic E-state index is 12.7. The van der Waals surface area contributed by atoms with Gasteiger partial charge in [0, 0.05) is 26.7 Å². The number of hydrogen-bond donors (Lipinski definition) is 0. The van der Waals surface area contributed by atoms with Crippen molar-refractivity contribution >= 4 is 32.6 Å². The lowest BCUT2D eigenvalue weighted by molar-refractivity contribution is 0.103. The summed E-state index contributed by atoms with van der Waals surface area (Å²) in [5.41, 5.74) is 5.42. The third kappa shape index (κ3) is 1.44. The average molecular weight is 324 g/mol. The van der Waals surface area contributed by atoms with Crippen molar-refractivity contribution in [2.75, 3.05) is 0 Å². The van der Waals surface area contributed by atoms with Crippen LogP contribution in [0.2, 0.25) is 0 Å². The predicted molar refractivity (Wildman–Crippen MR) is 83.0 cm³/mol. The summed E-state index contributed by atoms with van der Waals surface area (Å²) in [4.78, 5) is 17.3. The lowest BCUT2D eigenvalue weighted by atomic mass is 9.84. The molecule has 3 aromatic rings. The second-order valence-electron chi connectivity index (χ2n) is 5.00. The summed E-state index contributed by atoms with van der Waals surface area (Å²) in [5, 5.41) is 0.966. The first kappa shape index (κ1) is 11.8. The van der Waals surface area contributed by atoms with Gasteiger partial charge >= 0.3 is 0 Å². The molecule has 0 unspecified atom stereocenters. The Morgan fingerprint density at radius 2 is 1.75 bits per heavy atom. The molecule has 2 nitrogen and oxygen atoms in total. The van der Waals surface area contributed by atoms with E-state index < -0.39 is 0 Å². The number of nitrogens with zero attached hydrogens (tertiary/aromatic N) is 1. The number of halogens is 1. The number of aryl methyl sites for hydroxylation is 1. The van der Waals surface area contributed by atoms with Crippen molar-refractivity contribution in [3.63, 3.8) is 0 Å². The van der Waals surface area contributed by atoms with E-state index in [-0.39, 0.29) is 5.78 Å². The maximum Gasteiger partial charge on any atom is 0.195 e. The van der Waals surface area contributed by atoms with Gasteiger partial charge in [0.1, 0.15) is 0 Å². The van der Waals surface area contributed by atoms with Crippen molar-refractivity contribution < 1.29 is 4.79 Å². The summed E-state index contributed by atoms with van der Waals surface area (Å²) in [7, 11) is 0. The van der Waals surface area contributed by atoms with E-state index in [1.807, 2.05) is 43.3 Å². The van der Waals surface area contributed by atoms with Crippen LogP contribution >= 0.6 is 15.9 Å². The number of rotatable bonds is 0. The summed E-state index contributed by atoms with van der Waals surface area (Å²) >= 11 is 3.50. The molecule has 0 amide bonds. The van der Waals surface area contributed by atoms with Gasteiger partial charge in [-0.3, -0.25) is 9.78 Å². The fraction of sp³-hybridized carbons (Fsp3) is 0.0588. The molecule has 20 heavy (non-hydrogen) atoms. The molecule has 3 heteroatoms. The van der Waals surface area contributed by atoms with Crippen LogP contribution in [0.4, 0.5) is 0 Å². The van der Waals surface area contributed by atoms with Crippen molar-refractivity contribution in [2.45, 2.75) is 6.92 Å². The summed E-state index contributed by atoms with van der Waals surface area (Å²) in [6.45, 7) is 1.98. The number of benzene rings is 2. The van der Waals surface area contributed by atoms with Gasteiger partial charge in [0.2, 0.25) is 0 Å². The Bertz CT molecular complexity index is 899. The predicted octanol–water partition coefficient (Wildman–Crippen LogP) is 4.52. The highest BCUT2D eigenvalue weighted by molar-refractivity contribution is 9.10. The van der Waals surface area contributed by atoms with Crippen LogP contribution in [-0.2, 0) is 0 Å². The van der Waals surface area contributed by atoms with Crippen LogP contribution in [-0.4, -0.2) is 10.8 Å². The molecule has 0 radical (unpaired) electrons. The van der Waals surface area contributed by atoms with Gasteiger partial charge in [-0.1, -0.05) is 40.2 Å². The van der Waals surface area contributed by atoms with E-state index in [4.69, 9.17) is 0 Å². The fourth-order valence-electron chi connectivity index (χ4n) is 2.94. The Morgan fingerprint density at radius 1 is 1.00 bits per heavy atom. The largest absolute Gasteiger partial charge is 0.289 e. The van der Waals surface area contributed by atoms with Gasteiger partial charge in [-0.25, -0.2) is 0 Å². The first-order valence-corrected chi connectivity index (χ1v) is 7.20. The minimum Gasteiger partial charge on any atom is -0.289 e. The highest BCUT2D eigenvalue weighted by Crippen LogP contribution is 2.41. The Morgan fingerprint density at radius 3 is 2.60 bits per heavy atom. The molecule has 2 aromatic carbocycles. The van der Waals surface area contributed by atoms with Crippen molar-refractivity contribution in [1.82, 2.24) is 4.98 Å². The molecule has 1 aromatic heterocycles. The zero-order valence-electron chi connectivity index (χ0n) is 10.8. The Kier molecular flexibility index (Phi) is 2.36. The van der Waals surface area contributed by atoms with E-state index >= 15 is 0 Å². The second kappa shape index (κ2) is 4.00. The van der Waals surface area contributed by atoms with Crippen LogP contribution < -0.4 is 0 Å². The molecule has 96 valence electrons. The lowest BCUT2D eigenvalue weighted by Gasteiger charge is -2.20. The highest BCUT2D eigenvalue weighted by atomic mass is 79.9. The molecule has 4 rings (SSSR count). The molecule has 1 heterocycles. The molecule has 0 bridgehead atoms. The van der Waals surface area contributed by atoms with Crippen LogP contribution in [0.3, 0.4) is 0 Å². The molecule has 0 saturated heterocycles. The third-order valence-electron chi connectivity index (χ3n) is 3.74. The quantitative estimate of drug-likeness (QED) is 0.476. The number of fused-ring (bicyclic) bond motifs is 2. The zero-order valence-corrected chi connectivity index (χ0v) is 12.4. The van der Waals surface area contributed by atoms with E-state index in [1.54, 1.807) is 0 Å². The SMILES string of the molecule is Cc1cc2c3c(cccc3n1)C(=O)c1c(Br)cccc1-2. The van der Waals surface area contributed by atoms with E-state index in [0.29, 0.717) is 0 Å². The van der Waals surface area contributed by atoms with Gasteiger partial charge in [-0.2, -0.15) is 0 Å². The topological polar surface area (TPSA) is 30.0 Å². The molecule has 0 aliphatic heterocycles. The van der Waals surface area contributed by atoms with Crippen LogP contribution in [0.1, 0.15) is 21.6 Å². The van der Waals surface area contributed by atoms with Crippen molar-refractivity contribution in [3.8, 4) is 11.1 Å². The minimum absolute atomic E-state index is 0.0660. The van der Waals surface area contributed by atoms with Crippen molar-refractivity contribution in [2.24, 2.45) is 0 Å². The number of pyridine rings is 1. The smallest absolute Gasteiger partial charge is 0.195 e. The summed E-state index contributed by atoms with van der Waals surface area (Å²) < 4.78 is 0.845. The van der Waals surface area contributed by atoms with E-state index in [2.05, 4.69) is 27.0 Å². The second-order valence-corrected chi connectivity index (χ2v) is 5.86. The number of hydrogen-bond acceptors (Lipinski definition) is 2. The van der Waals surface area contributed by atoms with E-state index in [9.17, 15) is 4.79 Å². The number of aromatic nitrogens is 1. The Balaban J connectivity index is 2.28. The Labute approximate surface area is 124 Å². The van der Waals surface area contributed by atoms with Gasteiger partial charge in [0.05, 0.1) is 5.52 Å². The Hall–Kier alpha value is -2.00. The van der Waals surface area contributed by atoms with Crippen molar-refractivity contribution in [1.29, 1.82) is 0 Å². The van der Waals surface area contributed by atoms with Gasteiger partial charge in [0.25, 0.3) is 0 Å².